The molecule has 3 aromatic carbocycles. The minimum atomic E-state index is -0.196. The number of methoxy groups -OCH3 is 1. The molecule has 0 fully saturated rings. The molecule has 4 rings (SSSR count). The summed E-state index contributed by atoms with van der Waals surface area (Å²) in [6.45, 7) is 0.570. The van der Waals surface area contributed by atoms with E-state index in [4.69, 9.17) is 9.47 Å². The highest BCUT2D eigenvalue weighted by atomic mass is 35.5. The maximum Gasteiger partial charge on any atom is 0.320 e. The van der Waals surface area contributed by atoms with Crippen molar-refractivity contribution in [2.45, 2.75) is 31.9 Å². The van der Waals surface area contributed by atoms with Gasteiger partial charge in [0.05, 0.1) is 13.7 Å². The second kappa shape index (κ2) is 11.9. The Hall–Kier alpha value is -2.82. The molecule has 0 saturated heterocycles. The zero-order valence-corrected chi connectivity index (χ0v) is 20.1. The normalized spacial score (nSPS) is 15.8. The van der Waals surface area contributed by atoms with Gasteiger partial charge in [-0.2, -0.15) is 0 Å². The van der Waals surface area contributed by atoms with Crippen molar-refractivity contribution in [2.24, 2.45) is 5.92 Å². The number of carbonyl (C=O) groups excluding carboxylic acids is 1. The minimum Gasteiger partial charge on any atom is -0.497 e. The molecule has 0 heterocycles. The molecule has 0 aliphatic heterocycles. The molecule has 0 radical (unpaired) electrons. The van der Waals surface area contributed by atoms with Crippen LogP contribution in [0.3, 0.4) is 0 Å². The summed E-state index contributed by atoms with van der Waals surface area (Å²) < 4.78 is 11.0. The van der Waals surface area contributed by atoms with Crippen molar-refractivity contribution in [3.05, 3.63) is 101 Å². The van der Waals surface area contributed by atoms with E-state index in [0.717, 1.165) is 30.6 Å². The number of fused-ring (bicyclic) bond motifs is 1. The molecule has 4 nitrogen and oxygen atoms in total. The van der Waals surface area contributed by atoms with Crippen molar-refractivity contribution in [1.82, 2.24) is 4.90 Å². The third-order valence-electron chi connectivity index (χ3n) is 6.36. The lowest BCUT2D eigenvalue weighted by molar-refractivity contribution is -0.146. The van der Waals surface area contributed by atoms with Gasteiger partial charge in [-0.05, 0) is 66.6 Å². The topological polar surface area (TPSA) is 38.8 Å². The second-order valence-corrected chi connectivity index (χ2v) is 8.55. The summed E-state index contributed by atoms with van der Waals surface area (Å²) in [5, 5.41) is 0. The molecule has 33 heavy (non-hydrogen) atoms. The summed E-state index contributed by atoms with van der Waals surface area (Å²) in [6.07, 6.45) is 3.08. The maximum atomic E-state index is 12.6. The van der Waals surface area contributed by atoms with E-state index in [1.807, 2.05) is 49.5 Å². The first-order valence-corrected chi connectivity index (χ1v) is 11.2. The number of halogens is 1. The Morgan fingerprint density at radius 2 is 1.70 bits per heavy atom. The van der Waals surface area contributed by atoms with Crippen LogP contribution in [0.15, 0.2) is 78.9 Å². The van der Waals surface area contributed by atoms with Gasteiger partial charge >= 0.3 is 5.97 Å². The molecule has 0 spiro atoms. The van der Waals surface area contributed by atoms with Gasteiger partial charge in [-0.25, -0.2) is 0 Å². The van der Waals surface area contributed by atoms with Crippen molar-refractivity contribution < 1.29 is 14.3 Å². The summed E-state index contributed by atoms with van der Waals surface area (Å²) in [7, 11) is 3.75. The van der Waals surface area contributed by atoms with E-state index in [-0.39, 0.29) is 31.0 Å². The van der Waals surface area contributed by atoms with E-state index in [9.17, 15) is 4.79 Å². The van der Waals surface area contributed by atoms with Gasteiger partial charge in [0.2, 0.25) is 0 Å². The number of likely N-dealkylation sites (N-methyl/N-ethyl adjacent to an activating group) is 1. The van der Waals surface area contributed by atoms with Gasteiger partial charge < -0.3 is 9.47 Å². The van der Waals surface area contributed by atoms with E-state index in [0.29, 0.717) is 12.5 Å². The number of nitrogens with zero attached hydrogens (tertiary/aromatic N) is 1. The van der Waals surface area contributed by atoms with Crippen LogP contribution in [-0.2, 0) is 29.0 Å². The zero-order chi connectivity index (χ0) is 22.3. The average molecular weight is 466 g/mol. The standard InChI is InChI=1S/C28H31NO3.ClH/c1-29(19-27(30)32-20-21-9-5-3-6-10-21)28(22-11-7-4-8-12-22)25-14-13-24-18-26(31-2)16-15-23(24)17-25;/h3-12,15-16,18,25,28H,13-14,17,19-20H2,1-2H3;1H. The van der Waals surface area contributed by atoms with E-state index in [2.05, 4.69) is 41.3 Å². The molecule has 3 aromatic rings. The molecule has 174 valence electrons. The van der Waals surface area contributed by atoms with Crippen molar-refractivity contribution in [2.75, 3.05) is 20.7 Å². The Labute approximate surface area is 202 Å². The highest BCUT2D eigenvalue weighted by Crippen LogP contribution is 2.38. The minimum absolute atomic E-state index is 0. The third-order valence-corrected chi connectivity index (χ3v) is 6.36. The molecular formula is C28H32ClNO3. The molecule has 2 unspecified atom stereocenters. The van der Waals surface area contributed by atoms with Gasteiger partial charge in [0.25, 0.3) is 0 Å². The van der Waals surface area contributed by atoms with Crippen LogP contribution in [0.4, 0.5) is 0 Å². The Balaban J connectivity index is 0.00000306. The molecule has 0 bridgehead atoms. The van der Waals surface area contributed by atoms with Crippen LogP contribution in [0.1, 0.15) is 34.7 Å². The third kappa shape index (κ3) is 6.37. The second-order valence-electron chi connectivity index (χ2n) is 8.55. The monoisotopic (exact) mass is 465 g/mol. The lowest BCUT2D eigenvalue weighted by Crippen LogP contribution is -2.37. The van der Waals surface area contributed by atoms with Crippen molar-refractivity contribution in [1.29, 1.82) is 0 Å². The molecular weight excluding hydrogens is 434 g/mol. The predicted molar refractivity (Wildman–Crippen MR) is 134 cm³/mol. The van der Waals surface area contributed by atoms with E-state index in [1.54, 1.807) is 7.11 Å². The molecule has 0 N–H and O–H groups in total. The molecule has 1 aliphatic rings. The van der Waals surface area contributed by atoms with Crippen molar-refractivity contribution in [3.8, 4) is 5.75 Å². The van der Waals surface area contributed by atoms with Gasteiger partial charge in [-0.1, -0.05) is 66.7 Å². The van der Waals surface area contributed by atoms with Gasteiger partial charge in [-0.3, -0.25) is 9.69 Å². The number of benzene rings is 3. The number of hydrogen-bond acceptors (Lipinski definition) is 4. The maximum absolute atomic E-state index is 12.6. The fourth-order valence-corrected chi connectivity index (χ4v) is 4.78. The van der Waals surface area contributed by atoms with Crippen LogP contribution in [0.2, 0.25) is 0 Å². The van der Waals surface area contributed by atoms with Gasteiger partial charge in [-0.15, -0.1) is 12.4 Å². The number of aryl methyl sites for hydroxylation is 1. The molecule has 2 atom stereocenters. The first-order valence-electron chi connectivity index (χ1n) is 11.2. The molecule has 0 amide bonds. The van der Waals surface area contributed by atoms with Gasteiger partial charge in [0.15, 0.2) is 0 Å². The highest BCUT2D eigenvalue weighted by Gasteiger charge is 2.31. The Bertz CT molecular complexity index is 1030. The average Bonchev–Trinajstić information content (AvgIpc) is 2.84. The summed E-state index contributed by atoms with van der Waals surface area (Å²) in [5.74, 6) is 1.14. The Morgan fingerprint density at radius 1 is 1.00 bits per heavy atom. The van der Waals surface area contributed by atoms with Crippen LogP contribution in [0, 0.1) is 5.92 Å². The van der Waals surface area contributed by atoms with E-state index >= 15 is 0 Å². The zero-order valence-electron chi connectivity index (χ0n) is 19.3. The number of hydrogen-bond donors (Lipinski definition) is 0. The SMILES string of the molecule is COc1ccc2c(c1)CCC(C(c1ccccc1)N(C)CC(=O)OCc1ccccc1)C2.Cl. The lowest BCUT2D eigenvalue weighted by Gasteiger charge is -2.37. The fourth-order valence-electron chi connectivity index (χ4n) is 4.78. The summed E-state index contributed by atoms with van der Waals surface area (Å²) in [4.78, 5) is 14.8. The molecule has 5 heteroatoms. The fraction of sp³-hybridized carbons (Fsp3) is 0.321. The highest BCUT2D eigenvalue weighted by molar-refractivity contribution is 5.85. The van der Waals surface area contributed by atoms with Crippen molar-refractivity contribution in [3.63, 3.8) is 0 Å². The van der Waals surface area contributed by atoms with Crippen LogP contribution < -0.4 is 4.74 Å². The van der Waals surface area contributed by atoms with Gasteiger partial charge in [0.1, 0.15) is 12.4 Å². The summed E-state index contributed by atoms with van der Waals surface area (Å²) in [5.41, 5.74) is 5.00. The van der Waals surface area contributed by atoms with E-state index in [1.165, 1.54) is 16.7 Å². The van der Waals surface area contributed by atoms with E-state index < -0.39 is 0 Å². The van der Waals surface area contributed by atoms with Gasteiger partial charge in [0, 0.05) is 6.04 Å². The largest absolute Gasteiger partial charge is 0.497 e. The van der Waals surface area contributed by atoms with Crippen LogP contribution >= 0.6 is 12.4 Å². The molecule has 0 saturated carbocycles. The number of esters is 1. The lowest BCUT2D eigenvalue weighted by atomic mass is 9.77. The predicted octanol–water partition coefficient (Wildman–Crippen LogP) is 5.64. The van der Waals surface area contributed by atoms with Crippen LogP contribution in [-0.4, -0.2) is 31.6 Å². The number of ether oxygens (including phenoxy) is 2. The Kier molecular flexibility index (Phi) is 8.93. The first kappa shape index (κ1) is 24.8. The number of carbonyl (C=O) groups is 1. The van der Waals surface area contributed by atoms with Crippen molar-refractivity contribution >= 4 is 18.4 Å². The van der Waals surface area contributed by atoms with Crippen LogP contribution in [0.5, 0.6) is 5.75 Å². The summed E-state index contributed by atoms with van der Waals surface area (Å²) >= 11 is 0. The quantitative estimate of drug-likeness (QED) is 0.403. The summed E-state index contributed by atoms with van der Waals surface area (Å²) in [6, 6.07) is 26.9. The number of rotatable bonds is 8. The molecule has 1 aliphatic carbocycles. The van der Waals surface area contributed by atoms with Crippen LogP contribution in [0.25, 0.3) is 0 Å². The smallest absolute Gasteiger partial charge is 0.320 e. The first-order chi connectivity index (χ1) is 15.6. The molecule has 0 aromatic heterocycles. The Morgan fingerprint density at radius 3 is 2.39 bits per heavy atom.